The van der Waals surface area contributed by atoms with Crippen LogP contribution >= 0.6 is 0 Å². The number of nitrogens with one attached hydrogen (secondary N) is 1. The van der Waals surface area contributed by atoms with Crippen LogP contribution in [0.1, 0.15) is 26.2 Å². The summed E-state index contributed by atoms with van der Waals surface area (Å²) < 4.78 is 17.3. The highest BCUT2D eigenvalue weighted by atomic mass is 19.1. The molecule has 1 rings (SSSR count). The van der Waals surface area contributed by atoms with E-state index in [1.54, 1.807) is 6.92 Å². The predicted octanol–water partition coefficient (Wildman–Crippen LogP) is 1.62. The summed E-state index contributed by atoms with van der Waals surface area (Å²) in [5.41, 5.74) is 0. The second kappa shape index (κ2) is 4.28. The molecule has 0 radical (unpaired) electrons. The molecule has 1 aliphatic rings. The van der Waals surface area contributed by atoms with Crippen molar-refractivity contribution in [2.45, 2.75) is 38.4 Å². The van der Waals surface area contributed by atoms with Gasteiger partial charge < -0.3 is 10.1 Å². The van der Waals surface area contributed by atoms with E-state index in [0.29, 0.717) is 19.4 Å². The van der Waals surface area contributed by atoms with Crippen LogP contribution in [0.2, 0.25) is 0 Å². The number of hydrogen-bond donors (Lipinski definition) is 1. The Hall–Kier alpha value is -0.800. The van der Waals surface area contributed by atoms with Crippen LogP contribution in [0, 0.1) is 0 Å². The van der Waals surface area contributed by atoms with Crippen molar-refractivity contribution in [3.63, 3.8) is 0 Å². The monoisotopic (exact) mass is 175 g/mol. The van der Waals surface area contributed by atoms with Crippen molar-refractivity contribution in [1.29, 1.82) is 0 Å². The summed E-state index contributed by atoms with van der Waals surface area (Å²) in [5.74, 6) is 0. The molecule has 4 heteroatoms. The maximum Gasteiger partial charge on any atom is 0.407 e. The van der Waals surface area contributed by atoms with Gasteiger partial charge in [0, 0.05) is 6.04 Å². The number of ether oxygens (including phenoxy) is 1. The standard InChI is InChI=1S/C8H14FNO2/c1-2-12-8(11)10-7-4-3-6(9)5-7/h6-7H,2-5H2,1H3,(H,10,11). The number of hydrogen-bond acceptors (Lipinski definition) is 2. The minimum Gasteiger partial charge on any atom is -0.450 e. The zero-order chi connectivity index (χ0) is 8.97. The first-order chi connectivity index (χ1) is 5.72. The van der Waals surface area contributed by atoms with Crippen molar-refractivity contribution in [2.24, 2.45) is 0 Å². The lowest BCUT2D eigenvalue weighted by atomic mass is 10.2. The molecule has 0 aromatic rings. The molecule has 0 saturated heterocycles. The van der Waals surface area contributed by atoms with E-state index in [4.69, 9.17) is 0 Å². The quantitative estimate of drug-likeness (QED) is 0.692. The molecular weight excluding hydrogens is 161 g/mol. The highest BCUT2D eigenvalue weighted by Crippen LogP contribution is 2.21. The van der Waals surface area contributed by atoms with Crippen molar-refractivity contribution >= 4 is 6.09 Å². The molecule has 0 aromatic carbocycles. The minimum atomic E-state index is -0.753. The molecule has 1 fully saturated rings. The molecule has 0 spiro atoms. The van der Waals surface area contributed by atoms with Gasteiger partial charge in [-0.25, -0.2) is 9.18 Å². The van der Waals surface area contributed by atoms with Crippen LogP contribution in [-0.4, -0.2) is 24.9 Å². The Balaban J connectivity index is 2.18. The first-order valence-electron chi connectivity index (χ1n) is 4.29. The van der Waals surface area contributed by atoms with Crippen LogP contribution < -0.4 is 5.32 Å². The van der Waals surface area contributed by atoms with E-state index < -0.39 is 12.3 Å². The molecule has 0 heterocycles. The van der Waals surface area contributed by atoms with Crippen molar-refractivity contribution < 1.29 is 13.9 Å². The number of amides is 1. The molecule has 2 atom stereocenters. The van der Waals surface area contributed by atoms with Crippen molar-refractivity contribution in [3.8, 4) is 0 Å². The van der Waals surface area contributed by atoms with Gasteiger partial charge in [0.25, 0.3) is 0 Å². The number of alkyl halides is 1. The second-order valence-corrected chi connectivity index (χ2v) is 2.97. The molecule has 0 bridgehead atoms. The highest BCUT2D eigenvalue weighted by molar-refractivity contribution is 5.67. The average Bonchev–Trinajstić information content (AvgIpc) is 2.36. The Bertz CT molecular complexity index is 163. The van der Waals surface area contributed by atoms with Gasteiger partial charge >= 0.3 is 6.09 Å². The van der Waals surface area contributed by atoms with Crippen LogP contribution in [0.3, 0.4) is 0 Å². The number of rotatable bonds is 2. The van der Waals surface area contributed by atoms with Gasteiger partial charge in [0.2, 0.25) is 0 Å². The first-order valence-corrected chi connectivity index (χ1v) is 4.29. The Kier molecular flexibility index (Phi) is 3.31. The second-order valence-electron chi connectivity index (χ2n) is 2.97. The summed E-state index contributed by atoms with van der Waals surface area (Å²) in [7, 11) is 0. The van der Waals surface area contributed by atoms with Gasteiger partial charge in [-0.1, -0.05) is 0 Å². The molecular formula is C8H14FNO2. The highest BCUT2D eigenvalue weighted by Gasteiger charge is 2.25. The zero-order valence-corrected chi connectivity index (χ0v) is 7.18. The van der Waals surface area contributed by atoms with Crippen molar-refractivity contribution in [2.75, 3.05) is 6.61 Å². The van der Waals surface area contributed by atoms with E-state index in [0.717, 1.165) is 6.42 Å². The van der Waals surface area contributed by atoms with Crippen LogP contribution in [0.15, 0.2) is 0 Å². The van der Waals surface area contributed by atoms with Crippen molar-refractivity contribution in [3.05, 3.63) is 0 Å². The summed E-state index contributed by atoms with van der Waals surface area (Å²) in [5, 5.41) is 2.61. The summed E-state index contributed by atoms with van der Waals surface area (Å²) in [4.78, 5) is 10.8. The van der Waals surface area contributed by atoms with Gasteiger partial charge in [-0.2, -0.15) is 0 Å². The smallest absolute Gasteiger partial charge is 0.407 e. The van der Waals surface area contributed by atoms with E-state index in [-0.39, 0.29) is 6.04 Å². The van der Waals surface area contributed by atoms with E-state index in [1.807, 2.05) is 0 Å². The Morgan fingerprint density at radius 3 is 2.92 bits per heavy atom. The molecule has 1 saturated carbocycles. The third kappa shape index (κ3) is 2.68. The third-order valence-corrected chi connectivity index (χ3v) is 1.97. The Morgan fingerprint density at radius 1 is 1.67 bits per heavy atom. The van der Waals surface area contributed by atoms with Gasteiger partial charge in [-0.15, -0.1) is 0 Å². The third-order valence-electron chi connectivity index (χ3n) is 1.97. The zero-order valence-electron chi connectivity index (χ0n) is 7.18. The minimum absolute atomic E-state index is 0.0287. The molecule has 12 heavy (non-hydrogen) atoms. The average molecular weight is 175 g/mol. The lowest BCUT2D eigenvalue weighted by molar-refractivity contribution is 0.148. The molecule has 1 amide bonds. The van der Waals surface area contributed by atoms with Gasteiger partial charge in [0.1, 0.15) is 6.17 Å². The van der Waals surface area contributed by atoms with Gasteiger partial charge in [-0.3, -0.25) is 0 Å². The molecule has 1 N–H and O–H groups in total. The SMILES string of the molecule is CCOC(=O)NC1CCC(F)C1. The Morgan fingerprint density at radius 2 is 2.42 bits per heavy atom. The summed E-state index contributed by atoms with van der Waals surface area (Å²) in [6.07, 6.45) is 0.518. The number of carbonyl (C=O) groups excluding carboxylic acids is 1. The lowest BCUT2D eigenvalue weighted by Crippen LogP contribution is -2.33. The van der Waals surface area contributed by atoms with Gasteiger partial charge in [-0.05, 0) is 26.2 Å². The molecule has 3 nitrogen and oxygen atoms in total. The first kappa shape index (κ1) is 9.29. The maximum absolute atomic E-state index is 12.6. The van der Waals surface area contributed by atoms with Crippen molar-refractivity contribution in [1.82, 2.24) is 5.32 Å². The van der Waals surface area contributed by atoms with Gasteiger partial charge in [0.15, 0.2) is 0 Å². The maximum atomic E-state index is 12.6. The normalized spacial score (nSPS) is 28.5. The van der Waals surface area contributed by atoms with E-state index >= 15 is 0 Å². The Labute approximate surface area is 71.3 Å². The fourth-order valence-electron chi connectivity index (χ4n) is 1.40. The van der Waals surface area contributed by atoms with Crippen LogP contribution in [0.4, 0.5) is 9.18 Å². The molecule has 70 valence electrons. The predicted molar refractivity (Wildman–Crippen MR) is 42.7 cm³/mol. The van der Waals surface area contributed by atoms with E-state index in [2.05, 4.69) is 10.1 Å². The van der Waals surface area contributed by atoms with Gasteiger partial charge in [0.05, 0.1) is 6.61 Å². The van der Waals surface area contributed by atoms with Crippen LogP contribution in [-0.2, 0) is 4.74 Å². The van der Waals surface area contributed by atoms with E-state index in [9.17, 15) is 9.18 Å². The topological polar surface area (TPSA) is 38.3 Å². The number of carbonyl (C=O) groups is 1. The summed E-state index contributed by atoms with van der Waals surface area (Å²) in [6.45, 7) is 2.10. The fourth-order valence-corrected chi connectivity index (χ4v) is 1.40. The van der Waals surface area contributed by atoms with Crippen LogP contribution in [0.5, 0.6) is 0 Å². The molecule has 1 aliphatic carbocycles. The molecule has 0 aliphatic heterocycles. The van der Waals surface area contributed by atoms with E-state index in [1.165, 1.54) is 0 Å². The lowest BCUT2D eigenvalue weighted by Gasteiger charge is -2.10. The number of halogens is 1. The largest absolute Gasteiger partial charge is 0.450 e. The number of alkyl carbamates (subject to hydrolysis) is 1. The fraction of sp³-hybridized carbons (Fsp3) is 0.875. The summed E-state index contributed by atoms with van der Waals surface area (Å²) >= 11 is 0. The molecule has 2 unspecified atom stereocenters. The van der Waals surface area contributed by atoms with Crippen LogP contribution in [0.25, 0.3) is 0 Å². The summed E-state index contributed by atoms with van der Waals surface area (Å²) in [6, 6.07) is -0.0287. The molecule has 0 aromatic heterocycles.